The molecule has 1 saturated heterocycles. The van der Waals surface area contributed by atoms with Crippen LogP contribution in [0.5, 0.6) is 0 Å². The minimum atomic E-state index is -0.268. The summed E-state index contributed by atoms with van der Waals surface area (Å²) in [4.78, 5) is 2.28. The topological polar surface area (TPSA) is 29.3 Å². The van der Waals surface area contributed by atoms with Crippen LogP contribution >= 0.6 is 11.8 Å². The number of anilines is 1. The molecular formula is C14H21FN2S. The van der Waals surface area contributed by atoms with Crippen molar-refractivity contribution in [2.75, 3.05) is 23.7 Å². The molecule has 1 unspecified atom stereocenters. The number of thioether (sulfide) groups is 1. The molecule has 0 bridgehead atoms. The second kappa shape index (κ2) is 5.93. The molecule has 0 aliphatic carbocycles. The van der Waals surface area contributed by atoms with Gasteiger partial charge in [-0.15, -0.1) is 0 Å². The molecule has 2 nitrogen and oxygen atoms in total. The van der Waals surface area contributed by atoms with E-state index in [1.165, 1.54) is 6.07 Å². The smallest absolute Gasteiger partial charge is 0.130 e. The summed E-state index contributed by atoms with van der Waals surface area (Å²) in [5.74, 6) is 0.918. The van der Waals surface area contributed by atoms with E-state index in [-0.39, 0.29) is 11.9 Å². The highest BCUT2D eigenvalue weighted by molar-refractivity contribution is 8.00. The molecular weight excluding hydrogens is 247 g/mol. The van der Waals surface area contributed by atoms with Crippen molar-refractivity contribution in [3.05, 3.63) is 29.6 Å². The maximum atomic E-state index is 13.9. The molecule has 0 amide bonds. The zero-order valence-electron chi connectivity index (χ0n) is 11.0. The van der Waals surface area contributed by atoms with E-state index in [0.29, 0.717) is 10.8 Å². The summed E-state index contributed by atoms with van der Waals surface area (Å²) >= 11 is 2.01. The number of hydrogen-bond donors (Lipinski definition) is 1. The SMILES string of the molecule is CCC1CN(c2cccc(F)c2[C@@H](C)N)CCS1. The van der Waals surface area contributed by atoms with E-state index in [4.69, 9.17) is 5.73 Å². The molecule has 0 aromatic heterocycles. The van der Waals surface area contributed by atoms with Crippen LogP contribution in [0.1, 0.15) is 31.9 Å². The van der Waals surface area contributed by atoms with Crippen LogP contribution in [-0.2, 0) is 0 Å². The molecule has 2 rings (SSSR count). The van der Waals surface area contributed by atoms with Crippen LogP contribution in [-0.4, -0.2) is 24.1 Å². The molecule has 0 saturated carbocycles. The van der Waals surface area contributed by atoms with Crippen LogP contribution < -0.4 is 10.6 Å². The summed E-state index contributed by atoms with van der Waals surface area (Å²) in [6.45, 7) is 6.02. The average molecular weight is 268 g/mol. The van der Waals surface area contributed by atoms with Gasteiger partial charge in [-0.3, -0.25) is 0 Å². The molecule has 0 spiro atoms. The van der Waals surface area contributed by atoms with Crippen molar-refractivity contribution < 1.29 is 4.39 Å². The third-order valence-corrected chi connectivity index (χ3v) is 4.79. The van der Waals surface area contributed by atoms with E-state index in [0.717, 1.165) is 31.0 Å². The first-order valence-electron chi connectivity index (χ1n) is 6.54. The van der Waals surface area contributed by atoms with Crippen molar-refractivity contribution in [1.29, 1.82) is 0 Å². The highest BCUT2D eigenvalue weighted by Gasteiger charge is 2.23. The van der Waals surface area contributed by atoms with E-state index in [9.17, 15) is 4.39 Å². The Morgan fingerprint density at radius 3 is 3.00 bits per heavy atom. The molecule has 1 fully saturated rings. The summed E-state index contributed by atoms with van der Waals surface area (Å²) in [6, 6.07) is 5.00. The highest BCUT2D eigenvalue weighted by atomic mass is 32.2. The lowest BCUT2D eigenvalue weighted by molar-refractivity contribution is 0.590. The molecule has 0 radical (unpaired) electrons. The fraction of sp³-hybridized carbons (Fsp3) is 0.571. The van der Waals surface area contributed by atoms with Gasteiger partial charge in [0, 0.05) is 41.4 Å². The van der Waals surface area contributed by atoms with Gasteiger partial charge in [-0.1, -0.05) is 13.0 Å². The van der Waals surface area contributed by atoms with Crippen molar-refractivity contribution in [2.45, 2.75) is 31.6 Å². The van der Waals surface area contributed by atoms with E-state index < -0.39 is 0 Å². The van der Waals surface area contributed by atoms with Gasteiger partial charge in [-0.2, -0.15) is 11.8 Å². The summed E-state index contributed by atoms with van der Waals surface area (Å²) in [5.41, 5.74) is 7.55. The van der Waals surface area contributed by atoms with E-state index >= 15 is 0 Å². The highest BCUT2D eigenvalue weighted by Crippen LogP contribution is 2.31. The van der Waals surface area contributed by atoms with Crippen molar-refractivity contribution in [1.82, 2.24) is 0 Å². The lowest BCUT2D eigenvalue weighted by atomic mass is 10.0. The second-order valence-electron chi connectivity index (χ2n) is 4.81. The van der Waals surface area contributed by atoms with Crippen molar-refractivity contribution in [3.8, 4) is 0 Å². The van der Waals surface area contributed by atoms with Crippen molar-refractivity contribution >= 4 is 17.4 Å². The van der Waals surface area contributed by atoms with Gasteiger partial charge in [-0.05, 0) is 25.5 Å². The van der Waals surface area contributed by atoms with Gasteiger partial charge < -0.3 is 10.6 Å². The normalized spacial score (nSPS) is 22.0. The Morgan fingerprint density at radius 2 is 2.33 bits per heavy atom. The van der Waals surface area contributed by atoms with Gasteiger partial charge >= 0.3 is 0 Å². The molecule has 1 aromatic carbocycles. The van der Waals surface area contributed by atoms with Crippen LogP contribution in [0, 0.1) is 5.82 Å². The molecule has 1 aliphatic heterocycles. The summed E-state index contributed by atoms with van der Waals surface area (Å²) in [7, 11) is 0. The molecule has 1 heterocycles. The first-order chi connectivity index (χ1) is 8.63. The Balaban J connectivity index is 2.29. The Bertz CT molecular complexity index is 409. The number of benzene rings is 1. The summed E-state index contributed by atoms with van der Waals surface area (Å²) < 4.78 is 13.9. The maximum Gasteiger partial charge on any atom is 0.130 e. The van der Waals surface area contributed by atoms with Crippen LogP contribution in [0.3, 0.4) is 0 Å². The Labute approximate surface area is 113 Å². The summed E-state index contributed by atoms with van der Waals surface area (Å²) in [6.07, 6.45) is 1.16. The average Bonchev–Trinajstić information content (AvgIpc) is 2.38. The lowest BCUT2D eigenvalue weighted by Crippen LogP contribution is -2.38. The summed E-state index contributed by atoms with van der Waals surface area (Å²) in [5, 5.41) is 0.642. The number of nitrogens with two attached hydrogens (primary N) is 1. The van der Waals surface area contributed by atoms with E-state index in [1.54, 1.807) is 6.07 Å². The van der Waals surface area contributed by atoms with Crippen LogP contribution in [0.4, 0.5) is 10.1 Å². The van der Waals surface area contributed by atoms with Gasteiger partial charge in [0.1, 0.15) is 5.82 Å². The monoisotopic (exact) mass is 268 g/mol. The zero-order valence-corrected chi connectivity index (χ0v) is 11.8. The van der Waals surface area contributed by atoms with Crippen molar-refractivity contribution in [3.63, 3.8) is 0 Å². The lowest BCUT2D eigenvalue weighted by Gasteiger charge is -2.35. The second-order valence-corrected chi connectivity index (χ2v) is 6.22. The number of nitrogens with zero attached hydrogens (tertiary/aromatic N) is 1. The number of rotatable bonds is 3. The van der Waals surface area contributed by atoms with Gasteiger partial charge in [-0.25, -0.2) is 4.39 Å². The first kappa shape index (κ1) is 13.7. The fourth-order valence-corrected chi connectivity index (χ4v) is 3.62. The zero-order chi connectivity index (χ0) is 13.1. The molecule has 18 heavy (non-hydrogen) atoms. The third kappa shape index (κ3) is 2.81. The van der Waals surface area contributed by atoms with Crippen LogP contribution in [0.2, 0.25) is 0 Å². The predicted octanol–water partition coefficient (Wildman–Crippen LogP) is 3.18. The van der Waals surface area contributed by atoms with Crippen molar-refractivity contribution in [2.24, 2.45) is 5.73 Å². The third-order valence-electron chi connectivity index (χ3n) is 3.42. The molecule has 4 heteroatoms. The standard InChI is InChI=1S/C14H21FN2S/c1-3-11-9-17(7-8-18-11)13-6-4-5-12(15)14(13)10(2)16/h4-6,10-11H,3,7-9,16H2,1-2H3/t10-,11?/m1/s1. The Kier molecular flexibility index (Phi) is 4.51. The predicted molar refractivity (Wildman–Crippen MR) is 77.8 cm³/mol. The Morgan fingerprint density at radius 1 is 1.56 bits per heavy atom. The molecule has 1 aromatic rings. The number of hydrogen-bond acceptors (Lipinski definition) is 3. The minimum Gasteiger partial charge on any atom is -0.369 e. The first-order valence-corrected chi connectivity index (χ1v) is 7.59. The van der Waals surface area contributed by atoms with E-state index in [2.05, 4.69) is 11.8 Å². The van der Waals surface area contributed by atoms with Gasteiger partial charge in [0.2, 0.25) is 0 Å². The molecule has 1 aliphatic rings. The molecule has 100 valence electrons. The number of halogens is 1. The fourth-order valence-electron chi connectivity index (χ4n) is 2.44. The van der Waals surface area contributed by atoms with E-state index in [1.807, 2.05) is 24.8 Å². The molecule has 2 N–H and O–H groups in total. The van der Waals surface area contributed by atoms with Gasteiger partial charge in [0.15, 0.2) is 0 Å². The molecule has 2 atom stereocenters. The van der Waals surface area contributed by atoms with Gasteiger partial charge in [0.25, 0.3) is 0 Å². The van der Waals surface area contributed by atoms with Crippen LogP contribution in [0.25, 0.3) is 0 Å². The van der Waals surface area contributed by atoms with Gasteiger partial charge in [0.05, 0.1) is 0 Å². The Hall–Kier alpha value is -0.740. The minimum absolute atomic E-state index is 0.186. The quantitative estimate of drug-likeness (QED) is 0.913. The maximum absolute atomic E-state index is 13.9. The largest absolute Gasteiger partial charge is 0.369 e. The van der Waals surface area contributed by atoms with Crippen LogP contribution in [0.15, 0.2) is 18.2 Å².